The molecule has 0 bridgehead atoms. The third kappa shape index (κ3) is 3.39. The third-order valence-corrected chi connectivity index (χ3v) is 5.35. The zero-order chi connectivity index (χ0) is 21.5. The average molecular weight is 419 g/mol. The van der Waals surface area contributed by atoms with E-state index in [4.69, 9.17) is 9.51 Å². The van der Waals surface area contributed by atoms with Gasteiger partial charge in [-0.05, 0) is 25.5 Å². The maximum absolute atomic E-state index is 13.1. The summed E-state index contributed by atoms with van der Waals surface area (Å²) in [6, 6.07) is 12.1. The van der Waals surface area contributed by atoms with Crippen molar-refractivity contribution in [3.8, 4) is 22.3 Å². The second-order valence-corrected chi connectivity index (χ2v) is 7.43. The highest BCUT2D eigenvalue weighted by atomic mass is 19.3. The minimum absolute atomic E-state index is 0.592. The summed E-state index contributed by atoms with van der Waals surface area (Å²) in [5.41, 5.74) is 6.68. The van der Waals surface area contributed by atoms with Gasteiger partial charge in [-0.1, -0.05) is 35.5 Å². The number of pyridine rings is 1. The predicted octanol–water partition coefficient (Wildman–Crippen LogP) is 5.62. The lowest BCUT2D eigenvalue weighted by Crippen LogP contribution is -1.98. The van der Waals surface area contributed by atoms with E-state index < -0.39 is 6.55 Å². The molecule has 31 heavy (non-hydrogen) atoms. The molecule has 0 N–H and O–H groups in total. The highest BCUT2D eigenvalue weighted by Gasteiger charge is 2.18. The second kappa shape index (κ2) is 7.46. The van der Waals surface area contributed by atoms with Crippen LogP contribution in [0.25, 0.3) is 33.3 Å². The molecular formula is C23H19F2N5O. The first kappa shape index (κ1) is 19.2. The van der Waals surface area contributed by atoms with Crippen molar-refractivity contribution in [3.05, 3.63) is 78.2 Å². The Morgan fingerprint density at radius 2 is 1.84 bits per heavy atom. The minimum Gasteiger partial charge on any atom is -0.361 e. The fraction of sp³-hybridized carbons (Fsp3) is 0.174. The number of halogens is 2. The maximum atomic E-state index is 13.1. The number of nitrogens with zero attached hydrogens (tertiary/aromatic N) is 5. The standard InChI is InChI=1S/C23H19F2N5O/c1-14-21(15(2)31-28-14)17-8-20-22(26-9-17)19(18-10-27-30(12-18)23(24)25)13-29(20)11-16-6-4-3-5-7-16/h3-10,12-13,23H,11H2,1-2H3. The normalized spacial score (nSPS) is 11.6. The van der Waals surface area contributed by atoms with E-state index in [1.165, 1.54) is 12.4 Å². The molecule has 0 unspecified atom stereocenters. The van der Waals surface area contributed by atoms with E-state index in [1.54, 1.807) is 6.20 Å². The van der Waals surface area contributed by atoms with Gasteiger partial charge in [0.2, 0.25) is 0 Å². The number of benzene rings is 1. The van der Waals surface area contributed by atoms with E-state index in [1.807, 2.05) is 56.4 Å². The van der Waals surface area contributed by atoms with Gasteiger partial charge in [-0.3, -0.25) is 4.98 Å². The number of aryl methyl sites for hydroxylation is 2. The first-order valence-corrected chi connectivity index (χ1v) is 9.80. The van der Waals surface area contributed by atoms with Gasteiger partial charge >= 0.3 is 6.55 Å². The lowest BCUT2D eigenvalue weighted by Gasteiger charge is -2.07. The van der Waals surface area contributed by atoms with Crippen molar-refractivity contribution in [2.75, 3.05) is 0 Å². The predicted molar refractivity (Wildman–Crippen MR) is 113 cm³/mol. The van der Waals surface area contributed by atoms with Gasteiger partial charge in [0.25, 0.3) is 0 Å². The van der Waals surface area contributed by atoms with Gasteiger partial charge in [-0.25, -0.2) is 4.68 Å². The summed E-state index contributed by atoms with van der Waals surface area (Å²) in [6.45, 7) is 1.69. The van der Waals surface area contributed by atoms with Crippen LogP contribution in [-0.4, -0.2) is 24.5 Å². The van der Waals surface area contributed by atoms with Crippen molar-refractivity contribution in [3.63, 3.8) is 0 Å². The van der Waals surface area contributed by atoms with Gasteiger partial charge in [0, 0.05) is 47.4 Å². The molecule has 0 saturated heterocycles. The van der Waals surface area contributed by atoms with Crippen LogP contribution in [0.15, 0.2) is 65.7 Å². The van der Waals surface area contributed by atoms with Gasteiger partial charge in [-0.15, -0.1) is 0 Å². The lowest BCUT2D eigenvalue weighted by molar-refractivity contribution is 0.0566. The molecule has 5 rings (SSSR count). The smallest absolute Gasteiger partial charge is 0.333 e. The number of alkyl halides is 2. The minimum atomic E-state index is -2.69. The Hall–Kier alpha value is -3.81. The van der Waals surface area contributed by atoms with Gasteiger partial charge in [-0.2, -0.15) is 13.9 Å². The van der Waals surface area contributed by atoms with Gasteiger partial charge in [0.05, 0.1) is 22.9 Å². The molecule has 4 heterocycles. The van der Waals surface area contributed by atoms with Crippen molar-refractivity contribution < 1.29 is 13.3 Å². The molecule has 0 aliphatic carbocycles. The first-order valence-electron chi connectivity index (χ1n) is 9.80. The first-order chi connectivity index (χ1) is 15.0. The largest absolute Gasteiger partial charge is 0.361 e. The Labute approximate surface area is 176 Å². The molecule has 0 atom stereocenters. The lowest BCUT2D eigenvalue weighted by atomic mass is 10.1. The zero-order valence-corrected chi connectivity index (χ0v) is 17.0. The van der Waals surface area contributed by atoms with E-state index in [9.17, 15) is 8.78 Å². The second-order valence-electron chi connectivity index (χ2n) is 7.43. The van der Waals surface area contributed by atoms with Gasteiger partial charge in [0.15, 0.2) is 0 Å². The van der Waals surface area contributed by atoms with Crippen LogP contribution < -0.4 is 0 Å². The molecule has 0 amide bonds. The average Bonchev–Trinajstić information content (AvgIpc) is 3.47. The Kier molecular flexibility index (Phi) is 4.62. The number of aromatic nitrogens is 5. The highest BCUT2D eigenvalue weighted by Crippen LogP contribution is 2.34. The molecule has 0 spiro atoms. The molecule has 8 heteroatoms. The van der Waals surface area contributed by atoms with Crippen molar-refractivity contribution in [1.29, 1.82) is 0 Å². The van der Waals surface area contributed by atoms with Crippen LogP contribution >= 0.6 is 0 Å². The Morgan fingerprint density at radius 3 is 2.52 bits per heavy atom. The Balaban J connectivity index is 1.69. The molecule has 1 aromatic carbocycles. The Bertz CT molecular complexity index is 1350. The van der Waals surface area contributed by atoms with Crippen molar-refractivity contribution >= 4 is 11.0 Å². The molecular weight excluding hydrogens is 400 g/mol. The summed E-state index contributed by atoms with van der Waals surface area (Å²) in [4.78, 5) is 4.70. The molecule has 0 aliphatic heterocycles. The van der Waals surface area contributed by atoms with Crippen molar-refractivity contribution in [1.82, 2.24) is 24.5 Å². The third-order valence-electron chi connectivity index (χ3n) is 5.35. The van der Waals surface area contributed by atoms with E-state index in [0.717, 1.165) is 44.7 Å². The van der Waals surface area contributed by atoms with Crippen LogP contribution in [0.3, 0.4) is 0 Å². The highest BCUT2D eigenvalue weighted by molar-refractivity contribution is 5.94. The van der Waals surface area contributed by atoms with E-state index in [-0.39, 0.29) is 0 Å². The molecule has 0 fully saturated rings. The van der Waals surface area contributed by atoms with Crippen molar-refractivity contribution in [2.45, 2.75) is 26.9 Å². The topological polar surface area (TPSA) is 61.7 Å². The SMILES string of the molecule is Cc1noc(C)c1-c1cnc2c(-c3cnn(C(F)F)c3)cn(Cc3ccccc3)c2c1. The summed E-state index contributed by atoms with van der Waals surface area (Å²) < 4.78 is 34.2. The molecule has 4 aromatic heterocycles. The number of hydrogen-bond acceptors (Lipinski definition) is 4. The molecule has 0 saturated carbocycles. The number of fused-ring (bicyclic) bond motifs is 1. The van der Waals surface area contributed by atoms with Crippen LogP contribution in [0.1, 0.15) is 23.6 Å². The summed E-state index contributed by atoms with van der Waals surface area (Å²) in [5.74, 6) is 0.721. The summed E-state index contributed by atoms with van der Waals surface area (Å²) in [6.07, 6.45) is 6.49. The summed E-state index contributed by atoms with van der Waals surface area (Å²) in [7, 11) is 0. The summed E-state index contributed by atoms with van der Waals surface area (Å²) >= 11 is 0. The van der Waals surface area contributed by atoms with Crippen LogP contribution in [0.2, 0.25) is 0 Å². The van der Waals surface area contributed by atoms with E-state index >= 15 is 0 Å². The van der Waals surface area contributed by atoms with E-state index in [0.29, 0.717) is 16.8 Å². The number of hydrogen-bond donors (Lipinski definition) is 0. The maximum Gasteiger partial charge on any atom is 0.333 e. The fourth-order valence-corrected chi connectivity index (χ4v) is 3.90. The summed E-state index contributed by atoms with van der Waals surface area (Å²) in [5, 5.41) is 7.83. The van der Waals surface area contributed by atoms with Crippen LogP contribution in [0, 0.1) is 13.8 Å². The van der Waals surface area contributed by atoms with Crippen LogP contribution in [0.5, 0.6) is 0 Å². The monoisotopic (exact) mass is 419 g/mol. The molecule has 5 aromatic rings. The number of rotatable bonds is 5. The molecule has 156 valence electrons. The molecule has 0 aliphatic rings. The van der Waals surface area contributed by atoms with Crippen LogP contribution in [-0.2, 0) is 6.54 Å². The molecule has 0 radical (unpaired) electrons. The zero-order valence-electron chi connectivity index (χ0n) is 17.0. The van der Waals surface area contributed by atoms with Gasteiger partial charge in [0.1, 0.15) is 5.76 Å². The van der Waals surface area contributed by atoms with Crippen LogP contribution in [0.4, 0.5) is 8.78 Å². The molecule has 6 nitrogen and oxygen atoms in total. The fourth-order valence-electron chi connectivity index (χ4n) is 3.90. The quantitative estimate of drug-likeness (QED) is 0.371. The van der Waals surface area contributed by atoms with Gasteiger partial charge < -0.3 is 9.09 Å². The van der Waals surface area contributed by atoms with E-state index in [2.05, 4.69) is 14.8 Å². The Morgan fingerprint density at radius 1 is 1.03 bits per heavy atom. The van der Waals surface area contributed by atoms with Crippen molar-refractivity contribution in [2.24, 2.45) is 0 Å².